The number of benzene rings is 1. The molecule has 0 saturated carbocycles. The first kappa shape index (κ1) is 19.6. The van der Waals surface area contributed by atoms with E-state index in [0.29, 0.717) is 0 Å². The van der Waals surface area contributed by atoms with Crippen molar-refractivity contribution in [3.8, 4) is 0 Å². The van der Waals surface area contributed by atoms with Gasteiger partial charge in [0.2, 0.25) is 0 Å². The summed E-state index contributed by atoms with van der Waals surface area (Å²) >= 11 is 11.6. The van der Waals surface area contributed by atoms with E-state index in [2.05, 4.69) is 0 Å². The Morgan fingerprint density at radius 1 is 1.22 bits per heavy atom. The minimum Gasteiger partial charge on any atom is -0.467 e. The Hall–Kier alpha value is -1.46. The molecule has 0 aliphatic rings. The Kier molecular flexibility index (Phi) is 8.20. The maximum Gasteiger partial charge on any atom is 0.410 e. The van der Waals surface area contributed by atoms with Gasteiger partial charge >= 0.3 is 12.1 Å². The van der Waals surface area contributed by atoms with E-state index in [9.17, 15) is 9.59 Å². The average molecular weight is 362 g/mol. The number of hydrogen-bond donors (Lipinski definition) is 0. The highest BCUT2D eigenvalue weighted by Gasteiger charge is 2.31. The molecule has 128 valence electrons. The largest absolute Gasteiger partial charge is 0.467 e. The lowest BCUT2D eigenvalue weighted by Gasteiger charge is -2.27. The van der Waals surface area contributed by atoms with Crippen molar-refractivity contribution in [2.75, 3.05) is 14.2 Å². The minimum absolute atomic E-state index is 0.126. The molecule has 0 aliphatic heterocycles. The van der Waals surface area contributed by atoms with E-state index < -0.39 is 22.9 Å². The van der Waals surface area contributed by atoms with E-state index >= 15 is 0 Å². The van der Waals surface area contributed by atoms with Crippen LogP contribution in [0.2, 0.25) is 0 Å². The van der Waals surface area contributed by atoms with Crippen LogP contribution in [-0.2, 0) is 20.9 Å². The first-order valence-corrected chi connectivity index (χ1v) is 8.03. The number of rotatable bonds is 7. The van der Waals surface area contributed by atoms with E-state index in [0.717, 1.165) is 5.56 Å². The molecular weight excluding hydrogens is 341 g/mol. The molecule has 2 atom stereocenters. The quantitative estimate of drug-likeness (QED) is 0.549. The Morgan fingerprint density at radius 2 is 1.83 bits per heavy atom. The second kappa shape index (κ2) is 9.63. The van der Waals surface area contributed by atoms with Crippen LogP contribution in [0.5, 0.6) is 0 Å². The summed E-state index contributed by atoms with van der Waals surface area (Å²) < 4.78 is 9.97. The minimum atomic E-state index is -0.807. The van der Waals surface area contributed by atoms with Crippen LogP contribution in [0.1, 0.15) is 18.9 Å². The normalized spacial score (nSPS) is 13.3. The fourth-order valence-electron chi connectivity index (χ4n) is 1.95. The lowest BCUT2D eigenvalue weighted by Crippen LogP contribution is -2.44. The molecule has 1 rings (SSSR count). The van der Waals surface area contributed by atoms with E-state index in [1.54, 1.807) is 6.92 Å². The summed E-state index contributed by atoms with van der Waals surface area (Å²) in [5.41, 5.74) is 0.860. The summed E-state index contributed by atoms with van der Waals surface area (Å²) in [4.78, 5) is 24.7. The predicted octanol–water partition coefficient (Wildman–Crippen LogP) is 3.63. The summed E-state index contributed by atoms with van der Waals surface area (Å²) in [5, 5.41) is 0. The molecule has 0 spiro atoms. The SMILES string of the molecule is COC(=O)[C@H](C[C@H](C)C(Cl)Cl)N(C)C(=O)OCc1ccccc1. The smallest absolute Gasteiger partial charge is 0.410 e. The Bertz CT molecular complexity index is 510. The van der Waals surface area contributed by atoms with Gasteiger partial charge in [0.1, 0.15) is 17.5 Å². The lowest BCUT2D eigenvalue weighted by molar-refractivity contribution is -0.146. The van der Waals surface area contributed by atoms with Gasteiger partial charge in [0.05, 0.1) is 7.11 Å². The van der Waals surface area contributed by atoms with Crippen LogP contribution < -0.4 is 0 Å². The number of ether oxygens (including phenoxy) is 2. The van der Waals surface area contributed by atoms with E-state index in [4.69, 9.17) is 32.7 Å². The van der Waals surface area contributed by atoms with Crippen LogP contribution in [0.15, 0.2) is 30.3 Å². The molecule has 0 saturated heterocycles. The number of carbonyl (C=O) groups excluding carboxylic acids is 2. The van der Waals surface area contributed by atoms with Crippen molar-refractivity contribution in [3.63, 3.8) is 0 Å². The fraction of sp³-hybridized carbons (Fsp3) is 0.500. The molecule has 1 aromatic rings. The molecule has 1 amide bonds. The molecule has 0 fully saturated rings. The van der Waals surface area contributed by atoms with Crippen LogP contribution in [0.3, 0.4) is 0 Å². The maximum atomic E-state index is 12.2. The highest BCUT2D eigenvalue weighted by molar-refractivity contribution is 6.44. The number of nitrogens with zero attached hydrogens (tertiary/aromatic N) is 1. The zero-order valence-corrected chi connectivity index (χ0v) is 14.9. The van der Waals surface area contributed by atoms with Gasteiger partial charge in [-0.15, -0.1) is 23.2 Å². The molecule has 7 heteroatoms. The van der Waals surface area contributed by atoms with Crippen LogP contribution in [0, 0.1) is 5.92 Å². The van der Waals surface area contributed by atoms with Crippen molar-refractivity contribution in [2.24, 2.45) is 5.92 Å². The lowest BCUT2D eigenvalue weighted by atomic mass is 10.0. The monoisotopic (exact) mass is 361 g/mol. The number of methoxy groups -OCH3 is 1. The van der Waals surface area contributed by atoms with Gasteiger partial charge in [-0.2, -0.15) is 0 Å². The van der Waals surface area contributed by atoms with Crippen LogP contribution in [0.25, 0.3) is 0 Å². The van der Waals surface area contributed by atoms with E-state index in [1.165, 1.54) is 19.1 Å². The molecular formula is C16H21Cl2NO4. The third kappa shape index (κ3) is 6.28. The second-order valence-electron chi connectivity index (χ2n) is 5.24. The van der Waals surface area contributed by atoms with Gasteiger partial charge < -0.3 is 9.47 Å². The molecule has 0 aliphatic carbocycles. The van der Waals surface area contributed by atoms with Gasteiger partial charge in [-0.25, -0.2) is 9.59 Å². The van der Waals surface area contributed by atoms with Crippen LogP contribution >= 0.6 is 23.2 Å². The molecule has 0 bridgehead atoms. The van der Waals surface area contributed by atoms with Gasteiger partial charge in [-0.3, -0.25) is 4.90 Å². The Labute approximate surface area is 146 Å². The topological polar surface area (TPSA) is 55.8 Å². The van der Waals surface area contributed by atoms with Gasteiger partial charge in [0.15, 0.2) is 0 Å². The first-order chi connectivity index (χ1) is 10.9. The van der Waals surface area contributed by atoms with Crippen LogP contribution in [0.4, 0.5) is 4.79 Å². The summed E-state index contributed by atoms with van der Waals surface area (Å²) in [7, 11) is 2.75. The average Bonchev–Trinajstić information content (AvgIpc) is 2.56. The van der Waals surface area contributed by atoms with E-state index in [-0.39, 0.29) is 18.9 Å². The molecule has 23 heavy (non-hydrogen) atoms. The summed E-state index contributed by atoms with van der Waals surface area (Å²) in [5.74, 6) is -0.725. The molecule has 0 aromatic heterocycles. The number of likely N-dealkylation sites (N-methyl/N-ethyl adjacent to an activating group) is 1. The molecule has 0 unspecified atom stereocenters. The maximum absolute atomic E-state index is 12.2. The third-order valence-corrected chi connectivity index (χ3v) is 4.32. The number of esters is 1. The number of hydrogen-bond acceptors (Lipinski definition) is 4. The van der Waals surface area contributed by atoms with Crippen molar-refractivity contribution < 1.29 is 19.1 Å². The number of alkyl halides is 2. The summed E-state index contributed by atoms with van der Waals surface area (Å²) in [6.45, 7) is 1.92. The molecule has 0 radical (unpaired) electrons. The molecule has 0 N–H and O–H groups in total. The second-order valence-corrected chi connectivity index (χ2v) is 6.40. The molecule has 5 nitrogen and oxygen atoms in total. The van der Waals surface area contributed by atoms with E-state index in [1.807, 2.05) is 30.3 Å². The van der Waals surface area contributed by atoms with Crippen molar-refractivity contribution in [3.05, 3.63) is 35.9 Å². The summed E-state index contributed by atoms with van der Waals surface area (Å²) in [6, 6.07) is 8.47. The molecule has 1 aromatic carbocycles. The number of amides is 1. The zero-order valence-electron chi connectivity index (χ0n) is 13.4. The number of halogens is 2. The van der Waals surface area contributed by atoms with Crippen molar-refractivity contribution >= 4 is 35.3 Å². The van der Waals surface area contributed by atoms with Gasteiger partial charge in [0.25, 0.3) is 0 Å². The van der Waals surface area contributed by atoms with Gasteiger partial charge in [0, 0.05) is 7.05 Å². The Morgan fingerprint density at radius 3 is 2.35 bits per heavy atom. The zero-order chi connectivity index (χ0) is 17.4. The van der Waals surface area contributed by atoms with Crippen molar-refractivity contribution in [2.45, 2.75) is 30.8 Å². The third-order valence-electron chi connectivity index (χ3n) is 3.46. The van der Waals surface area contributed by atoms with Crippen LogP contribution in [-0.4, -0.2) is 42.0 Å². The highest BCUT2D eigenvalue weighted by atomic mass is 35.5. The fourth-order valence-corrected chi connectivity index (χ4v) is 2.16. The standard InChI is InChI=1S/C16H21Cl2NO4/c1-11(14(17)18)9-13(15(20)22-3)19(2)16(21)23-10-12-7-5-4-6-8-12/h4-8,11,13-14H,9-10H2,1-3H3/t11-,13-/m0/s1. The van der Waals surface area contributed by atoms with Gasteiger partial charge in [-0.1, -0.05) is 37.3 Å². The Balaban J connectivity index is 2.68. The van der Waals surface area contributed by atoms with Crippen molar-refractivity contribution in [1.29, 1.82) is 0 Å². The predicted molar refractivity (Wildman–Crippen MR) is 89.5 cm³/mol. The summed E-state index contributed by atoms with van der Waals surface area (Å²) in [6.07, 6.45) is -0.335. The first-order valence-electron chi connectivity index (χ1n) is 7.16. The number of carbonyl (C=O) groups is 2. The van der Waals surface area contributed by atoms with Crippen molar-refractivity contribution in [1.82, 2.24) is 4.90 Å². The molecule has 0 heterocycles. The highest BCUT2D eigenvalue weighted by Crippen LogP contribution is 2.22. The van der Waals surface area contributed by atoms with Gasteiger partial charge in [-0.05, 0) is 17.9 Å².